The van der Waals surface area contributed by atoms with E-state index < -0.39 is 5.91 Å². The molecular weight excluding hydrogens is 283 g/mol. The lowest BCUT2D eigenvalue weighted by Gasteiger charge is -2.22. The van der Waals surface area contributed by atoms with Gasteiger partial charge in [-0.15, -0.1) is 0 Å². The number of nitrogens with two attached hydrogens (primary N) is 1. The first kappa shape index (κ1) is 14.5. The maximum atomic E-state index is 13.9. The van der Waals surface area contributed by atoms with E-state index in [1.165, 1.54) is 12.3 Å². The van der Waals surface area contributed by atoms with E-state index in [1.807, 2.05) is 0 Å². The number of pyridine rings is 1. The summed E-state index contributed by atoms with van der Waals surface area (Å²) < 4.78 is 15.7. The molecule has 0 spiro atoms. The Morgan fingerprint density at radius 2 is 1.95 bits per heavy atom. The van der Waals surface area contributed by atoms with Crippen LogP contribution in [0.4, 0.5) is 4.39 Å². The average Bonchev–Trinajstić information content (AvgIpc) is 2.52. The SMILES string of the molecule is NC(=O)c1cn(Cc2ccccc2F)c2c(c1=O)CCCC2. The number of nitrogens with zero attached hydrogens (tertiary/aromatic N) is 1. The Kier molecular flexibility index (Phi) is 3.79. The molecule has 22 heavy (non-hydrogen) atoms. The van der Waals surface area contributed by atoms with Crippen molar-refractivity contribution < 1.29 is 9.18 Å². The third kappa shape index (κ3) is 2.54. The minimum Gasteiger partial charge on any atom is -0.365 e. The molecule has 1 amide bonds. The van der Waals surface area contributed by atoms with E-state index in [-0.39, 0.29) is 23.4 Å². The molecule has 0 bridgehead atoms. The van der Waals surface area contributed by atoms with Gasteiger partial charge in [-0.05, 0) is 31.7 Å². The summed E-state index contributed by atoms with van der Waals surface area (Å²) >= 11 is 0. The Morgan fingerprint density at radius 1 is 1.23 bits per heavy atom. The van der Waals surface area contributed by atoms with Gasteiger partial charge in [0.05, 0.1) is 6.54 Å². The van der Waals surface area contributed by atoms with E-state index in [1.54, 1.807) is 22.8 Å². The lowest BCUT2D eigenvalue weighted by molar-refractivity contribution is 0.0998. The summed E-state index contributed by atoms with van der Waals surface area (Å²) in [7, 11) is 0. The zero-order valence-electron chi connectivity index (χ0n) is 12.1. The molecule has 3 rings (SSSR count). The van der Waals surface area contributed by atoms with Gasteiger partial charge >= 0.3 is 0 Å². The standard InChI is InChI=1S/C17H17FN2O2/c18-14-7-3-1-5-11(14)9-20-10-13(17(19)22)16(21)12-6-2-4-8-15(12)20/h1,3,5,7,10H,2,4,6,8-9H2,(H2,19,22). The number of hydrogen-bond donors (Lipinski definition) is 1. The predicted molar refractivity (Wildman–Crippen MR) is 81.4 cm³/mol. The molecule has 5 heteroatoms. The van der Waals surface area contributed by atoms with Gasteiger partial charge in [0.15, 0.2) is 5.43 Å². The van der Waals surface area contributed by atoms with Crippen LogP contribution in [-0.4, -0.2) is 10.5 Å². The summed E-state index contributed by atoms with van der Waals surface area (Å²) in [4.78, 5) is 23.9. The highest BCUT2D eigenvalue weighted by Gasteiger charge is 2.21. The van der Waals surface area contributed by atoms with E-state index >= 15 is 0 Å². The number of benzene rings is 1. The minimum atomic E-state index is -0.736. The molecule has 2 N–H and O–H groups in total. The first-order chi connectivity index (χ1) is 10.6. The topological polar surface area (TPSA) is 65.1 Å². The van der Waals surface area contributed by atoms with Crippen molar-refractivity contribution in [1.29, 1.82) is 0 Å². The van der Waals surface area contributed by atoms with Crippen molar-refractivity contribution in [2.24, 2.45) is 5.73 Å². The minimum absolute atomic E-state index is 0.0167. The number of amides is 1. The Balaban J connectivity index is 2.14. The van der Waals surface area contributed by atoms with E-state index in [0.717, 1.165) is 25.0 Å². The summed E-state index contributed by atoms with van der Waals surface area (Å²) in [6, 6.07) is 6.50. The van der Waals surface area contributed by atoms with Crippen molar-refractivity contribution in [2.75, 3.05) is 0 Å². The molecular formula is C17H17FN2O2. The van der Waals surface area contributed by atoms with Crippen LogP contribution in [0, 0.1) is 5.82 Å². The second kappa shape index (κ2) is 5.75. The quantitative estimate of drug-likeness (QED) is 0.942. The van der Waals surface area contributed by atoms with Crippen LogP contribution in [-0.2, 0) is 19.4 Å². The molecule has 0 unspecified atom stereocenters. The fourth-order valence-electron chi connectivity index (χ4n) is 3.03. The molecule has 1 aromatic carbocycles. The Hall–Kier alpha value is -2.43. The van der Waals surface area contributed by atoms with Gasteiger partial charge in [-0.1, -0.05) is 18.2 Å². The van der Waals surface area contributed by atoms with Crippen molar-refractivity contribution in [3.63, 3.8) is 0 Å². The van der Waals surface area contributed by atoms with E-state index in [4.69, 9.17) is 5.73 Å². The third-order valence-corrected chi connectivity index (χ3v) is 4.15. The third-order valence-electron chi connectivity index (χ3n) is 4.15. The molecule has 0 saturated heterocycles. The molecule has 0 radical (unpaired) electrons. The fourth-order valence-corrected chi connectivity index (χ4v) is 3.03. The van der Waals surface area contributed by atoms with Crippen LogP contribution in [0.25, 0.3) is 0 Å². The fraction of sp³-hybridized carbons (Fsp3) is 0.294. The van der Waals surface area contributed by atoms with Gasteiger partial charge in [-0.2, -0.15) is 0 Å². The molecule has 0 fully saturated rings. The van der Waals surface area contributed by atoms with Crippen LogP contribution in [0.15, 0.2) is 35.3 Å². The molecule has 2 aromatic rings. The maximum Gasteiger partial charge on any atom is 0.254 e. The van der Waals surface area contributed by atoms with Crippen LogP contribution in [0.2, 0.25) is 0 Å². The molecule has 114 valence electrons. The number of rotatable bonds is 3. The molecule has 0 aliphatic heterocycles. The molecule has 1 heterocycles. The van der Waals surface area contributed by atoms with Gasteiger partial charge in [0.1, 0.15) is 11.4 Å². The largest absolute Gasteiger partial charge is 0.365 e. The van der Waals surface area contributed by atoms with Crippen molar-refractivity contribution in [3.05, 3.63) is 68.9 Å². The monoisotopic (exact) mass is 300 g/mol. The Labute approximate surface area is 127 Å². The van der Waals surface area contributed by atoms with E-state index in [0.29, 0.717) is 17.5 Å². The van der Waals surface area contributed by atoms with Crippen molar-refractivity contribution >= 4 is 5.91 Å². The van der Waals surface area contributed by atoms with Crippen LogP contribution in [0.5, 0.6) is 0 Å². The van der Waals surface area contributed by atoms with Crippen LogP contribution in [0.3, 0.4) is 0 Å². The number of halogens is 1. The van der Waals surface area contributed by atoms with Crippen molar-refractivity contribution in [1.82, 2.24) is 4.57 Å². The summed E-state index contributed by atoms with van der Waals surface area (Å²) in [6.07, 6.45) is 4.79. The normalized spacial score (nSPS) is 13.7. The van der Waals surface area contributed by atoms with Gasteiger partial charge in [0, 0.05) is 23.0 Å². The van der Waals surface area contributed by atoms with Crippen molar-refractivity contribution in [3.8, 4) is 0 Å². The number of aromatic nitrogens is 1. The number of carbonyl (C=O) groups excluding carboxylic acids is 1. The summed E-state index contributed by atoms with van der Waals surface area (Å²) in [6.45, 7) is 0.287. The summed E-state index contributed by atoms with van der Waals surface area (Å²) in [5.74, 6) is -1.04. The molecule has 0 saturated carbocycles. The van der Waals surface area contributed by atoms with E-state index in [2.05, 4.69) is 0 Å². The lowest BCUT2D eigenvalue weighted by Crippen LogP contribution is -2.30. The van der Waals surface area contributed by atoms with Gasteiger partial charge in [0.2, 0.25) is 0 Å². The summed E-state index contributed by atoms with van der Waals surface area (Å²) in [5, 5.41) is 0. The number of primary amides is 1. The molecule has 1 aromatic heterocycles. The zero-order chi connectivity index (χ0) is 15.7. The van der Waals surface area contributed by atoms with Crippen LogP contribution >= 0.6 is 0 Å². The molecule has 1 aliphatic carbocycles. The lowest BCUT2D eigenvalue weighted by atomic mass is 9.93. The van der Waals surface area contributed by atoms with Gasteiger partial charge in [0.25, 0.3) is 5.91 Å². The number of fused-ring (bicyclic) bond motifs is 1. The second-order valence-electron chi connectivity index (χ2n) is 5.59. The van der Waals surface area contributed by atoms with E-state index in [9.17, 15) is 14.0 Å². The first-order valence-corrected chi connectivity index (χ1v) is 7.36. The van der Waals surface area contributed by atoms with Crippen molar-refractivity contribution in [2.45, 2.75) is 32.2 Å². The van der Waals surface area contributed by atoms with Crippen LogP contribution in [0.1, 0.15) is 40.0 Å². The Bertz CT molecular complexity index is 796. The Morgan fingerprint density at radius 3 is 2.68 bits per heavy atom. The second-order valence-corrected chi connectivity index (χ2v) is 5.59. The molecule has 0 atom stereocenters. The highest BCUT2D eigenvalue weighted by molar-refractivity contribution is 5.92. The maximum absolute atomic E-state index is 13.9. The van der Waals surface area contributed by atoms with Gasteiger partial charge < -0.3 is 10.3 Å². The summed E-state index contributed by atoms with van der Waals surface area (Å²) in [5.41, 5.74) is 7.09. The highest BCUT2D eigenvalue weighted by atomic mass is 19.1. The highest BCUT2D eigenvalue weighted by Crippen LogP contribution is 2.21. The number of hydrogen-bond acceptors (Lipinski definition) is 2. The first-order valence-electron chi connectivity index (χ1n) is 7.36. The van der Waals surface area contributed by atoms with Gasteiger partial charge in [-0.3, -0.25) is 9.59 Å². The average molecular weight is 300 g/mol. The smallest absolute Gasteiger partial charge is 0.254 e. The zero-order valence-corrected chi connectivity index (χ0v) is 12.1. The predicted octanol–water partition coefficient (Wildman–Crippen LogP) is 2.01. The van der Waals surface area contributed by atoms with Gasteiger partial charge in [-0.25, -0.2) is 4.39 Å². The number of carbonyl (C=O) groups is 1. The molecule has 1 aliphatic rings. The molecule has 4 nitrogen and oxygen atoms in total. The van der Waals surface area contributed by atoms with Crippen LogP contribution < -0.4 is 11.2 Å².